The minimum absolute atomic E-state index is 0.446. The van der Waals surface area contributed by atoms with Crippen LogP contribution in [-0.4, -0.2) is 9.97 Å². The highest BCUT2D eigenvalue weighted by Gasteiger charge is 2.10. The number of hydrogen-bond donors (Lipinski definition) is 1. The molecule has 2 N–H and O–H groups in total. The third-order valence-electron chi connectivity index (χ3n) is 2.47. The van der Waals surface area contributed by atoms with Crippen LogP contribution >= 0.6 is 27.5 Å². The Balaban J connectivity index is 2.61. The van der Waals surface area contributed by atoms with Gasteiger partial charge in [-0.2, -0.15) is 0 Å². The van der Waals surface area contributed by atoms with Crippen molar-refractivity contribution in [2.75, 3.05) is 5.73 Å². The molecule has 0 unspecified atom stereocenters. The van der Waals surface area contributed by atoms with Crippen molar-refractivity contribution in [1.82, 2.24) is 9.97 Å². The zero-order valence-corrected chi connectivity index (χ0v) is 11.8. The van der Waals surface area contributed by atoms with Crippen LogP contribution in [0.1, 0.15) is 11.3 Å². The molecule has 5 heteroatoms. The Kier molecular flexibility index (Phi) is 3.35. The van der Waals surface area contributed by atoms with E-state index in [0.29, 0.717) is 16.7 Å². The van der Waals surface area contributed by atoms with Crippen molar-refractivity contribution in [2.45, 2.75) is 13.8 Å². The van der Waals surface area contributed by atoms with E-state index in [-0.39, 0.29) is 0 Å². The lowest BCUT2D eigenvalue weighted by molar-refractivity contribution is 1.10. The van der Waals surface area contributed by atoms with E-state index in [4.69, 9.17) is 17.3 Å². The highest BCUT2D eigenvalue weighted by Crippen LogP contribution is 2.27. The lowest BCUT2D eigenvalue weighted by Crippen LogP contribution is -2.00. The molecule has 0 saturated carbocycles. The smallest absolute Gasteiger partial charge is 0.162 e. The van der Waals surface area contributed by atoms with Crippen LogP contribution in [0.15, 0.2) is 22.7 Å². The Morgan fingerprint density at radius 2 is 1.94 bits per heavy atom. The van der Waals surface area contributed by atoms with Gasteiger partial charge in [-0.05, 0) is 53.5 Å². The predicted molar refractivity (Wildman–Crippen MR) is 74.1 cm³/mol. The summed E-state index contributed by atoms with van der Waals surface area (Å²) in [5.41, 5.74) is 8.60. The molecule has 88 valence electrons. The molecular formula is C12H11BrClN3. The summed E-state index contributed by atoms with van der Waals surface area (Å²) >= 11 is 9.26. The molecule has 17 heavy (non-hydrogen) atoms. The van der Waals surface area contributed by atoms with Crippen molar-refractivity contribution in [3.8, 4) is 11.4 Å². The predicted octanol–water partition coefficient (Wildman–Crippen LogP) is 3.76. The van der Waals surface area contributed by atoms with Gasteiger partial charge in [0.2, 0.25) is 0 Å². The number of benzene rings is 1. The summed E-state index contributed by atoms with van der Waals surface area (Å²) in [7, 11) is 0. The van der Waals surface area contributed by atoms with Crippen molar-refractivity contribution in [3.63, 3.8) is 0 Å². The number of rotatable bonds is 1. The summed E-state index contributed by atoms with van der Waals surface area (Å²) in [4.78, 5) is 8.68. The number of anilines is 1. The fourth-order valence-electron chi connectivity index (χ4n) is 1.58. The van der Waals surface area contributed by atoms with Crippen LogP contribution in [0.25, 0.3) is 11.4 Å². The molecule has 2 rings (SSSR count). The second-order valence-corrected chi connectivity index (χ2v) is 5.02. The van der Waals surface area contributed by atoms with Gasteiger partial charge in [0.15, 0.2) is 5.82 Å². The van der Waals surface area contributed by atoms with Crippen LogP contribution in [0.3, 0.4) is 0 Å². The molecule has 0 atom stereocenters. The lowest BCUT2D eigenvalue weighted by atomic mass is 10.1. The molecule has 0 fully saturated rings. The molecule has 0 radical (unpaired) electrons. The third kappa shape index (κ3) is 2.42. The van der Waals surface area contributed by atoms with Gasteiger partial charge in [-0.3, -0.25) is 0 Å². The molecule has 3 nitrogen and oxygen atoms in total. The van der Waals surface area contributed by atoms with E-state index in [1.807, 2.05) is 32.0 Å². The van der Waals surface area contributed by atoms with E-state index in [0.717, 1.165) is 21.3 Å². The summed E-state index contributed by atoms with van der Waals surface area (Å²) in [5.74, 6) is 1.07. The minimum Gasteiger partial charge on any atom is -0.383 e. The molecular weight excluding hydrogens is 302 g/mol. The summed E-state index contributed by atoms with van der Waals surface area (Å²) < 4.78 is 0.743. The summed E-state index contributed by atoms with van der Waals surface area (Å²) in [6.07, 6.45) is 0. The van der Waals surface area contributed by atoms with Gasteiger partial charge in [0.1, 0.15) is 5.82 Å². The maximum atomic E-state index is 5.92. The van der Waals surface area contributed by atoms with E-state index in [9.17, 15) is 0 Å². The third-order valence-corrected chi connectivity index (χ3v) is 3.69. The monoisotopic (exact) mass is 311 g/mol. The quantitative estimate of drug-likeness (QED) is 0.872. The van der Waals surface area contributed by atoms with Crippen LogP contribution in [0, 0.1) is 13.8 Å². The Hall–Kier alpha value is -1.13. The maximum absolute atomic E-state index is 5.92. The molecule has 1 heterocycles. The van der Waals surface area contributed by atoms with Crippen molar-refractivity contribution in [2.24, 2.45) is 0 Å². The van der Waals surface area contributed by atoms with Gasteiger partial charge in [0.25, 0.3) is 0 Å². The topological polar surface area (TPSA) is 51.8 Å². The highest BCUT2D eigenvalue weighted by molar-refractivity contribution is 9.10. The Morgan fingerprint density at radius 1 is 1.24 bits per heavy atom. The van der Waals surface area contributed by atoms with Gasteiger partial charge in [-0.25, -0.2) is 9.97 Å². The first-order valence-electron chi connectivity index (χ1n) is 5.05. The lowest BCUT2D eigenvalue weighted by Gasteiger charge is -2.08. The van der Waals surface area contributed by atoms with E-state index in [2.05, 4.69) is 25.9 Å². The number of nitrogens with zero attached hydrogens (tertiary/aromatic N) is 2. The number of halogens is 2. The van der Waals surface area contributed by atoms with Gasteiger partial charge in [-0.15, -0.1) is 0 Å². The second-order valence-electron chi connectivity index (χ2n) is 3.79. The molecule has 1 aromatic heterocycles. The fraction of sp³-hybridized carbons (Fsp3) is 0.167. The maximum Gasteiger partial charge on any atom is 0.162 e. The Labute approximate surface area is 113 Å². The summed E-state index contributed by atoms with van der Waals surface area (Å²) in [6, 6.07) is 5.61. The van der Waals surface area contributed by atoms with Crippen molar-refractivity contribution < 1.29 is 0 Å². The molecule has 0 aliphatic rings. The van der Waals surface area contributed by atoms with E-state index < -0.39 is 0 Å². The Morgan fingerprint density at radius 3 is 2.53 bits per heavy atom. The van der Waals surface area contributed by atoms with Crippen molar-refractivity contribution in [1.29, 1.82) is 0 Å². The highest BCUT2D eigenvalue weighted by atomic mass is 79.9. The first-order chi connectivity index (χ1) is 7.99. The number of nitrogens with two attached hydrogens (primary N) is 1. The van der Waals surface area contributed by atoms with Crippen LogP contribution < -0.4 is 5.73 Å². The largest absolute Gasteiger partial charge is 0.383 e. The minimum atomic E-state index is 0.446. The van der Waals surface area contributed by atoms with Crippen LogP contribution in [0.5, 0.6) is 0 Å². The zero-order valence-electron chi connectivity index (χ0n) is 9.46. The molecule has 0 aliphatic carbocycles. The van der Waals surface area contributed by atoms with E-state index >= 15 is 0 Å². The molecule has 1 aromatic carbocycles. The van der Waals surface area contributed by atoms with Gasteiger partial charge in [-0.1, -0.05) is 11.6 Å². The standard InChI is InChI=1S/C12H11BrClN3/c1-6-5-8(14)3-4-9(6)12-16-7(2)10(13)11(15)17-12/h3-5H,1-2H3,(H2,15,16,17). The van der Waals surface area contributed by atoms with Crippen molar-refractivity contribution in [3.05, 3.63) is 39.0 Å². The average Bonchev–Trinajstić information content (AvgIpc) is 2.25. The second kappa shape index (κ2) is 4.63. The summed E-state index contributed by atoms with van der Waals surface area (Å²) in [5, 5.41) is 0.702. The van der Waals surface area contributed by atoms with Crippen molar-refractivity contribution >= 4 is 33.3 Å². The molecule has 0 amide bonds. The SMILES string of the molecule is Cc1cc(Cl)ccc1-c1nc(C)c(Br)c(N)n1. The van der Waals surface area contributed by atoms with Gasteiger partial charge < -0.3 is 5.73 Å². The van der Waals surface area contributed by atoms with E-state index in [1.54, 1.807) is 0 Å². The van der Waals surface area contributed by atoms with Crippen LogP contribution in [0.4, 0.5) is 5.82 Å². The van der Waals surface area contributed by atoms with E-state index in [1.165, 1.54) is 0 Å². The number of aryl methyl sites for hydroxylation is 2. The summed E-state index contributed by atoms with van der Waals surface area (Å²) in [6.45, 7) is 3.86. The molecule has 0 bridgehead atoms. The van der Waals surface area contributed by atoms with Crippen LogP contribution in [0.2, 0.25) is 5.02 Å². The average molecular weight is 313 g/mol. The van der Waals surface area contributed by atoms with Gasteiger partial charge in [0, 0.05) is 10.6 Å². The first kappa shape index (κ1) is 12.3. The molecule has 0 saturated heterocycles. The normalized spacial score (nSPS) is 10.6. The van der Waals surface area contributed by atoms with Crippen LogP contribution in [-0.2, 0) is 0 Å². The van der Waals surface area contributed by atoms with Gasteiger partial charge >= 0.3 is 0 Å². The molecule has 0 aliphatic heterocycles. The fourth-order valence-corrected chi connectivity index (χ4v) is 1.98. The molecule has 0 spiro atoms. The van der Waals surface area contributed by atoms with Gasteiger partial charge in [0.05, 0.1) is 10.2 Å². The number of aromatic nitrogens is 2. The number of nitrogen functional groups attached to an aromatic ring is 1. The Bertz CT molecular complexity index is 561. The first-order valence-corrected chi connectivity index (χ1v) is 6.22. The zero-order chi connectivity index (χ0) is 12.6. The molecule has 2 aromatic rings. The number of hydrogen-bond acceptors (Lipinski definition) is 3.